The predicted molar refractivity (Wildman–Crippen MR) is 55.2 cm³/mol. The fourth-order valence-electron chi connectivity index (χ4n) is 1.39. The third-order valence-corrected chi connectivity index (χ3v) is 3.09. The molecular weight excluding hydrogens is 287 g/mol. The van der Waals surface area contributed by atoms with E-state index in [2.05, 4.69) is 26.0 Å². The zero-order valence-corrected chi connectivity index (χ0v) is 10.0. The molecule has 0 radical (unpaired) electrons. The molecule has 0 saturated carbocycles. The van der Waals surface area contributed by atoms with E-state index >= 15 is 0 Å². The summed E-state index contributed by atoms with van der Waals surface area (Å²) in [4.78, 5) is 3.56. The van der Waals surface area contributed by atoms with Crippen molar-refractivity contribution in [1.82, 2.24) is 14.6 Å². The fraction of sp³-hybridized carbons (Fsp3) is 0.333. The van der Waals surface area contributed by atoms with Gasteiger partial charge in [-0.15, -0.1) is 0 Å². The molecule has 0 bridgehead atoms. The van der Waals surface area contributed by atoms with Crippen molar-refractivity contribution in [2.24, 2.45) is 0 Å². The molecule has 16 heavy (non-hydrogen) atoms. The lowest BCUT2D eigenvalue weighted by atomic mass is 10.3. The van der Waals surface area contributed by atoms with Crippen molar-refractivity contribution in [2.75, 3.05) is 0 Å². The molecule has 0 unspecified atom stereocenters. The molecule has 0 aliphatic rings. The third kappa shape index (κ3) is 1.68. The van der Waals surface area contributed by atoms with Crippen molar-refractivity contribution in [3.8, 4) is 0 Å². The maximum Gasteiger partial charge on any atom is 0.433 e. The number of fused-ring (bicyclic) bond motifs is 1. The lowest BCUT2D eigenvalue weighted by molar-refractivity contribution is -0.141. The van der Waals surface area contributed by atoms with Crippen LogP contribution in [0.3, 0.4) is 0 Å². The summed E-state index contributed by atoms with van der Waals surface area (Å²) in [5.41, 5.74) is 0.281. The van der Waals surface area contributed by atoms with Gasteiger partial charge in [-0.2, -0.15) is 18.3 Å². The summed E-state index contributed by atoms with van der Waals surface area (Å²) < 4.78 is 39.5. The van der Waals surface area contributed by atoms with E-state index in [0.29, 0.717) is 15.9 Å². The number of nitrogens with zero attached hydrogens (tertiary/aromatic N) is 3. The number of hydrogen-bond acceptors (Lipinski definition) is 2. The van der Waals surface area contributed by atoms with Crippen molar-refractivity contribution in [2.45, 2.75) is 20.0 Å². The first-order valence-corrected chi connectivity index (χ1v) is 5.19. The Hall–Kier alpha value is -1.11. The van der Waals surface area contributed by atoms with Crippen LogP contribution in [-0.2, 0) is 6.18 Å². The van der Waals surface area contributed by atoms with Gasteiger partial charge in [-0.25, -0.2) is 9.50 Å². The molecule has 2 heterocycles. The molecule has 2 aromatic heterocycles. The Morgan fingerprint density at radius 1 is 1.31 bits per heavy atom. The predicted octanol–water partition coefficient (Wildman–Crippen LogP) is 3.13. The smallest absolute Gasteiger partial charge is 0.223 e. The second kappa shape index (κ2) is 3.44. The maximum atomic E-state index is 12.5. The van der Waals surface area contributed by atoms with Gasteiger partial charge in [0, 0.05) is 5.69 Å². The van der Waals surface area contributed by atoms with Gasteiger partial charge in [-0.3, -0.25) is 0 Å². The zero-order chi connectivity index (χ0) is 12.1. The molecule has 0 aromatic carbocycles. The van der Waals surface area contributed by atoms with E-state index in [1.807, 2.05) is 0 Å². The Bertz CT molecular complexity index is 559. The first kappa shape index (κ1) is 11.4. The number of halogens is 4. The van der Waals surface area contributed by atoms with Gasteiger partial charge in [0.2, 0.25) is 0 Å². The van der Waals surface area contributed by atoms with Crippen LogP contribution in [0.15, 0.2) is 10.5 Å². The zero-order valence-electron chi connectivity index (χ0n) is 8.43. The molecule has 7 heteroatoms. The van der Waals surface area contributed by atoms with Gasteiger partial charge >= 0.3 is 6.18 Å². The van der Waals surface area contributed by atoms with Gasteiger partial charge in [-0.05, 0) is 35.8 Å². The summed E-state index contributed by atoms with van der Waals surface area (Å²) in [5.74, 6) is 0. The van der Waals surface area contributed by atoms with Crippen LogP contribution in [0.25, 0.3) is 5.65 Å². The highest BCUT2D eigenvalue weighted by atomic mass is 79.9. The van der Waals surface area contributed by atoms with Crippen LogP contribution >= 0.6 is 15.9 Å². The fourth-order valence-corrected chi connectivity index (χ4v) is 1.72. The van der Waals surface area contributed by atoms with Gasteiger partial charge in [0.05, 0.1) is 10.2 Å². The van der Waals surface area contributed by atoms with Crippen molar-refractivity contribution in [3.63, 3.8) is 0 Å². The monoisotopic (exact) mass is 293 g/mol. The molecule has 0 fully saturated rings. The molecular formula is C9H7BrF3N3. The summed E-state index contributed by atoms with van der Waals surface area (Å²) in [6.07, 6.45) is -4.44. The van der Waals surface area contributed by atoms with Gasteiger partial charge in [0.25, 0.3) is 0 Å². The Morgan fingerprint density at radius 3 is 2.50 bits per heavy atom. The molecule has 0 N–H and O–H groups in total. The Labute approximate surface area is 97.4 Å². The molecule has 2 aromatic rings. The van der Waals surface area contributed by atoms with Crippen LogP contribution < -0.4 is 0 Å². The normalized spacial score (nSPS) is 12.4. The third-order valence-electron chi connectivity index (χ3n) is 2.16. The second-order valence-electron chi connectivity index (χ2n) is 3.42. The van der Waals surface area contributed by atoms with Gasteiger partial charge in [0.15, 0.2) is 5.65 Å². The average Bonchev–Trinajstić information content (AvgIpc) is 2.44. The molecule has 86 valence electrons. The second-order valence-corrected chi connectivity index (χ2v) is 4.21. The standard InChI is InChI=1S/C9H7BrF3N3/c1-4-3-6(9(11,12)13)14-8-7(10)5(2)15-16(4)8/h3H,1-2H3. The molecule has 3 nitrogen and oxygen atoms in total. The molecule has 0 amide bonds. The Kier molecular flexibility index (Phi) is 2.45. The number of aryl methyl sites for hydroxylation is 2. The van der Waals surface area contributed by atoms with E-state index in [0.717, 1.165) is 6.07 Å². The summed E-state index contributed by atoms with van der Waals surface area (Å²) in [6.45, 7) is 3.26. The number of alkyl halides is 3. The highest BCUT2D eigenvalue weighted by molar-refractivity contribution is 9.10. The van der Waals surface area contributed by atoms with Crippen molar-refractivity contribution >= 4 is 21.6 Å². The van der Waals surface area contributed by atoms with E-state index in [1.54, 1.807) is 13.8 Å². The van der Waals surface area contributed by atoms with Crippen LogP contribution in [0.5, 0.6) is 0 Å². The molecule has 0 aliphatic carbocycles. The molecule has 0 atom stereocenters. The number of rotatable bonds is 0. The van der Waals surface area contributed by atoms with E-state index in [9.17, 15) is 13.2 Å². The van der Waals surface area contributed by atoms with Crippen LogP contribution in [-0.4, -0.2) is 14.6 Å². The van der Waals surface area contributed by atoms with Gasteiger partial charge < -0.3 is 0 Å². The maximum absolute atomic E-state index is 12.5. The minimum atomic E-state index is -4.44. The highest BCUT2D eigenvalue weighted by Crippen LogP contribution is 2.30. The van der Waals surface area contributed by atoms with Crippen molar-refractivity contribution < 1.29 is 13.2 Å². The Balaban J connectivity index is 2.80. The van der Waals surface area contributed by atoms with E-state index in [1.165, 1.54) is 4.52 Å². The van der Waals surface area contributed by atoms with Crippen LogP contribution in [0.2, 0.25) is 0 Å². The molecule has 0 aliphatic heterocycles. The minimum absolute atomic E-state index is 0.185. The first-order chi connectivity index (χ1) is 7.30. The van der Waals surface area contributed by atoms with Crippen LogP contribution in [0.1, 0.15) is 17.1 Å². The van der Waals surface area contributed by atoms with Gasteiger partial charge in [-0.1, -0.05) is 0 Å². The highest BCUT2D eigenvalue weighted by Gasteiger charge is 2.33. The first-order valence-electron chi connectivity index (χ1n) is 4.40. The van der Waals surface area contributed by atoms with E-state index in [-0.39, 0.29) is 5.65 Å². The lowest BCUT2D eigenvalue weighted by Gasteiger charge is -2.07. The van der Waals surface area contributed by atoms with Crippen molar-refractivity contribution in [3.05, 3.63) is 27.6 Å². The number of hydrogen-bond donors (Lipinski definition) is 0. The largest absolute Gasteiger partial charge is 0.433 e. The Morgan fingerprint density at radius 2 is 1.94 bits per heavy atom. The summed E-state index contributed by atoms with van der Waals surface area (Å²) >= 11 is 3.17. The summed E-state index contributed by atoms with van der Waals surface area (Å²) in [5, 5.41) is 4.08. The molecule has 0 spiro atoms. The lowest BCUT2D eigenvalue weighted by Crippen LogP contribution is -2.10. The molecule has 0 saturated heterocycles. The van der Waals surface area contributed by atoms with Crippen LogP contribution in [0.4, 0.5) is 13.2 Å². The minimum Gasteiger partial charge on any atom is -0.223 e. The van der Waals surface area contributed by atoms with Crippen molar-refractivity contribution in [1.29, 1.82) is 0 Å². The molecule has 2 rings (SSSR count). The SMILES string of the molecule is Cc1nn2c(C)cc(C(F)(F)F)nc2c1Br. The quantitative estimate of drug-likeness (QED) is 0.747. The van der Waals surface area contributed by atoms with Crippen LogP contribution in [0, 0.1) is 13.8 Å². The summed E-state index contributed by atoms with van der Waals surface area (Å²) in [6, 6.07) is 0.978. The number of aromatic nitrogens is 3. The van der Waals surface area contributed by atoms with E-state index in [4.69, 9.17) is 0 Å². The van der Waals surface area contributed by atoms with Gasteiger partial charge in [0.1, 0.15) is 5.69 Å². The summed E-state index contributed by atoms with van der Waals surface area (Å²) in [7, 11) is 0. The van der Waals surface area contributed by atoms with E-state index < -0.39 is 11.9 Å². The topological polar surface area (TPSA) is 30.2 Å². The average molecular weight is 294 g/mol.